The molecule has 3 N–H and O–H groups in total. The molecule has 116 valence electrons. The Morgan fingerprint density at radius 3 is 2.35 bits per heavy atom. The van der Waals surface area contributed by atoms with Gasteiger partial charge in [-0.05, 0) is 37.5 Å². The van der Waals surface area contributed by atoms with Gasteiger partial charge in [-0.15, -0.1) is 12.4 Å². The fourth-order valence-corrected chi connectivity index (χ4v) is 3.35. The van der Waals surface area contributed by atoms with Crippen LogP contribution in [0.3, 0.4) is 0 Å². The summed E-state index contributed by atoms with van der Waals surface area (Å²) in [6, 6.07) is 4.91. The lowest BCUT2D eigenvalue weighted by Crippen LogP contribution is -2.49. The SMILES string of the molecule is CCC(N)(CC)CNS(=O)(=O)c1cc(C)ccc1Cl.Cl. The molecule has 0 heterocycles. The first-order chi connectivity index (χ1) is 8.74. The molecular formula is C13H22Cl2N2O2S. The molecule has 0 saturated carbocycles. The number of benzene rings is 1. The summed E-state index contributed by atoms with van der Waals surface area (Å²) in [6.07, 6.45) is 1.40. The Morgan fingerprint density at radius 2 is 1.85 bits per heavy atom. The smallest absolute Gasteiger partial charge is 0.242 e. The van der Waals surface area contributed by atoms with Crippen LogP contribution in [0.15, 0.2) is 23.1 Å². The molecule has 0 bridgehead atoms. The molecule has 20 heavy (non-hydrogen) atoms. The molecule has 4 nitrogen and oxygen atoms in total. The highest BCUT2D eigenvalue weighted by molar-refractivity contribution is 7.89. The Balaban J connectivity index is 0.00000361. The first kappa shape index (κ1) is 19.7. The third-order valence-corrected chi connectivity index (χ3v) is 5.28. The summed E-state index contributed by atoms with van der Waals surface area (Å²) in [7, 11) is -3.63. The van der Waals surface area contributed by atoms with Gasteiger partial charge in [0.1, 0.15) is 4.90 Å². The van der Waals surface area contributed by atoms with Crippen molar-refractivity contribution in [2.75, 3.05) is 6.54 Å². The van der Waals surface area contributed by atoms with E-state index in [-0.39, 0.29) is 28.9 Å². The van der Waals surface area contributed by atoms with Crippen LogP contribution in [0.1, 0.15) is 32.3 Å². The highest BCUT2D eigenvalue weighted by Gasteiger charge is 2.25. The second-order valence-electron chi connectivity index (χ2n) is 4.83. The van der Waals surface area contributed by atoms with E-state index in [0.29, 0.717) is 12.8 Å². The van der Waals surface area contributed by atoms with Crippen molar-refractivity contribution in [2.24, 2.45) is 5.73 Å². The van der Waals surface area contributed by atoms with Crippen LogP contribution >= 0.6 is 24.0 Å². The Kier molecular flexibility index (Phi) is 7.49. The highest BCUT2D eigenvalue weighted by atomic mass is 35.5. The Labute approximate surface area is 132 Å². The molecule has 1 rings (SSSR count). The number of nitrogens with two attached hydrogens (primary N) is 1. The van der Waals surface area contributed by atoms with Gasteiger partial charge in [-0.3, -0.25) is 0 Å². The van der Waals surface area contributed by atoms with Crippen LogP contribution in [-0.4, -0.2) is 20.5 Å². The van der Waals surface area contributed by atoms with Crippen molar-refractivity contribution >= 4 is 34.0 Å². The van der Waals surface area contributed by atoms with E-state index in [1.165, 1.54) is 0 Å². The second-order valence-corrected chi connectivity index (χ2v) is 6.97. The zero-order valence-corrected chi connectivity index (χ0v) is 14.3. The Hall–Kier alpha value is -0.330. The number of sulfonamides is 1. The molecule has 0 aromatic heterocycles. The largest absolute Gasteiger partial charge is 0.324 e. The van der Waals surface area contributed by atoms with Gasteiger partial charge in [-0.25, -0.2) is 13.1 Å². The van der Waals surface area contributed by atoms with Gasteiger partial charge in [0.2, 0.25) is 10.0 Å². The van der Waals surface area contributed by atoms with E-state index >= 15 is 0 Å². The number of halogens is 2. The first-order valence-corrected chi connectivity index (χ1v) is 8.15. The molecule has 0 aliphatic heterocycles. The summed E-state index contributed by atoms with van der Waals surface area (Å²) in [5, 5.41) is 0.216. The van der Waals surface area contributed by atoms with Crippen LogP contribution in [-0.2, 0) is 10.0 Å². The van der Waals surface area contributed by atoms with E-state index in [9.17, 15) is 8.42 Å². The van der Waals surface area contributed by atoms with Crippen molar-refractivity contribution in [1.29, 1.82) is 0 Å². The molecule has 0 amide bonds. The minimum atomic E-state index is -3.63. The lowest BCUT2D eigenvalue weighted by Gasteiger charge is -2.26. The van der Waals surface area contributed by atoms with Gasteiger partial charge in [0.15, 0.2) is 0 Å². The van der Waals surface area contributed by atoms with Crippen LogP contribution in [0, 0.1) is 6.92 Å². The van der Waals surface area contributed by atoms with Crippen LogP contribution < -0.4 is 10.5 Å². The van der Waals surface area contributed by atoms with Gasteiger partial charge in [0.05, 0.1) is 5.02 Å². The molecule has 0 aliphatic carbocycles. The zero-order chi connectivity index (χ0) is 14.7. The number of rotatable bonds is 6. The third-order valence-electron chi connectivity index (χ3n) is 3.40. The van der Waals surface area contributed by atoms with E-state index in [1.54, 1.807) is 18.2 Å². The molecule has 0 atom stereocenters. The van der Waals surface area contributed by atoms with Crippen molar-refractivity contribution in [3.05, 3.63) is 28.8 Å². The van der Waals surface area contributed by atoms with Crippen molar-refractivity contribution in [3.8, 4) is 0 Å². The molecule has 7 heteroatoms. The van der Waals surface area contributed by atoms with E-state index in [4.69, 9.17) is 17.3 Å². The van der Waals surface area contributed by atoms with Gasteiger partial charge < -0.3 is 5.73 Å². The molecular weight excluding hydrogens is 319 g/mol. The van der Waals surface area contributed by atoms with Crippen molar-refractivity contribution < 1.29 is 8.42 Å². The fraction of sp³-hybridized carbons (Fsp3) is 0.538. The second kappa shape index (κ2) is 7.61. The average Bonchev–Trinajstić information content (AvgIpc) is 2.39. The summed E-state index contributed by atoms with van der Waals surface area (Å²) in [5.41, 5.74) is 6.41. The predicted octanol–water partition coefficient (Wildman–Crippen LogP) is 2.87. The number of hydrogen-bond donors (Lipinski definition) is 2. The minimum Gasteiger partial charge on any atom is -0.324 e. The molecule has 0 radical (unpaired) electrons. The first-order valence-electron chi connectivity index (χ1n) is 6.29. The van der Waals surface area contributed by atoms with Crippen LogP contribution in [0.25, 0.3) is 0 Å². The Morgan fingerprint density at radius 1 is 1.30 bits per heavy atom. The zero-order valence-electron chi connectivity index (χ0n) is 11.9. The van der Waals surface area contributed by atoms with Gasteiger partial charge >= 0.3 is 0 Å². The molecule has 0 aliphatic rings. The van der Waals surface area contributed by atoms with E-state index < -0.39 is 15.6 Å². The minimum absolute atomic E-state index is 0. The van der Waals surface area contributed by atoms with Crippen LogP contribution in [0.2, 0.25) is 5.02 Å². The van der Waals surface area contributed by atoms with Gasteiger partial charge in [-0.1, -0.05) is 31.5 Å². The van der Waals surface area contributed by atoms with Crippen LogP contribution in [0.5, 0.6) is 0 Å². The average molecular weight is 341 g/mol. The van der Waals surface area contributed by atoms with E-state index in [2.05, 4.69) is 4.72 Å². The number of hydrogen-bond acceptors (Lipinski definition) is 3. The lowest BCUT2D eigenvalue weighted by molar-refractivity contribution is 0.392. The number of aryl methyl sites for hydroxylation is 1. The van der Waals surface area contributed by atoms with E-state index in [0.717, 1.165) is 5.56 Å². The standard InChI is InChI=1S/C13H21ClN2O2S.ClH/c1-4-13(15,5-2)9-16-19(17,18)12-8-10(3)6-7-11(12)14;/h6-8,16H,4-5,9,15H2,1-3H3;1H. The topological polar surface area (TPSA) is 72.2 Å². The van der Waals surface area contributed by atoms with Gasteiger partial charge in [-0.2, -0.15) is 0 Å². The Bertz CT molecular complexity index is 543. The summed E-state index contributed by atoms with van der Waals surface area (Å²) < 4.78 is 27.0. The van der Waals surface area contributed by atoms with Crippen LogP contribution in [0.4, 0.5) is 0 Å². The fourth-order valence-electron chi connectivity index (χ4n) is 1.63. The molecule has 1 aromatic rings. The summed E-state index contributed by atoms with van der Waals surface area (Å²) in [5.74, 6) is 0. The van der Waals surface area contributed by atoms with Crippen molar-refractivity contribution in [1.82, 2.24) is 4.72 Å². The molecule has 0 unspecified atom stereocenters. The highest BCUT2D eigenvalue weighted by Crippen LogP contribution is 2.22. The summed E-state index contributed by atoms with van der Waals surface area (Å²) in [4.78, 5) is 0.101. The number of nitrogens with one attached hydrogen (secondary N) is 1. The van der Waals surface area contributed by atoms with Crippen molar-refractivity contribution in [2.45, 2.75) is 44.0 Å². The maximum absolute atomic E-state index is 12.2. The predicted molar refractivity (Wildman–Crippen MR) is 86.1 cm³/mol. The maximum atomic E-state index is 12.2. The molecule has 0 fully saturated rings. The van der Waals surface area contributed by atoms with Crippen molar-refractivity contribution in [3.63, 3.8) is 0 Å². The van der Waals surface area contributed by atoms with E-state index in [1.807, 2.05) is 20.8 Å². The van der Waals surface area contributed by atoms with Gasteiger partial charge in [0.25, 0.3) is 0 Å². The van der Waals surface area contributed by atoms with Gasteiger partial charge in [0, 0.05) is 12.1 Å². The third kappa shape index (κ3) is 4.90. The summed E-state index contributed by atoms with van der Waals surface area (Å²) >= 11 is 5.95. The monoisotopic (exact) mass is 340 g/mol. The normalized spacial score (nSPS) is 12.1. The quantitative estimate of drug-likeness (QED) is 0.836. The molecule has 0 saturated heterocycles. The maximum Gasteiger partial charge on any atom is 0.242 e. The lowest BCUT2D eigenvalue weighted by atomic mass is 9.95. The summed E-state index contributed by atoms with van der Waals surface area (Å²) in [6.45, 7) is 5.90. The molecule has 0 spiro atoms. The molecule has 1 aromatic carbocycles.